The van der Waals surface area contributed by atoms with Crippen molar-refractivity contribution < 1.29 is 4.79 Å². The zero-order valence-electron chi connectivity index (χ0n) is 20.9. The summed E-state index contributed by atoms with van der Waals surface area (Å²) in [6, 6.07) is 16.8. The number of rotatable bonds is 9. The Morgan fingerprint density at radius 2 is 1.66 bits per heavy atom. The molecule has 2 aliphatic rings. The van der Waals surface area contributed by atoms with Gasteiger partial charge in [-0.1, -0.05) is 66.7 Å². The van der Waals surface area contributed by atoms with E-state index in [-0.39, 0.29) is 11.8 Å². The van der Waals surface area contributed by atoms with Crippen molar-refractivity contribution in [1.82, 2.24) is 15.1 Å². The first-order chi connectivity index (χ1) is 17.0. The van der Waals surface area contributed by atoms with Crippen LogP contribution in [0.2, 0.25) is 10.0 Å². The van der Waals surface area contributed by atoms with E-state index in [2.05, 4.69) is 16.3 Å². The lowest BCUT2D eigenvalue weighted by atomic mass is 9.92. The Bertz CT molecular complexity index is 940. The summed E-state index contributed by atoms with van der Waals surface area (Å²) in [5.41, 5.74) is 1.86. The summed E-state index contributed by atoms with van der Waals surface area (Å²) in [5.74, 6) is 0.241. The van der Waals surface area contributed by atoms with Crippen LogP contribution in [0.4, 0.5) is 0 Å². The number of likely N-dealkylation sites (tertiary alicyclic amines) is 1. The van der Waals surface area contributed by atoms with Gasteiger partial charge in [0.1, 0.15) is 0 Å². The number of carbonyl (C=O) groups is 1. The van der Waals surface area contributed by atoms with E-state index >= 15 is 0 Å². The monoisotopic (exact) mass is 515 g/mol. The molecule has 0 radical (unpaired) electrons. The molecule has 1 N–H and O–H groups in total. The maximum absolute atomic E-state index is 13.0. The molecule has 1 aliphatic heterocycles. The average molecular weight is 517 g/mol. The largest absolute Gasteiger partial charge is 0.341 e. The molecule has 6 heteroatoms. The fourth-order valence-corrected chi connectivity index (χ4v) is 5.92. The van der Waals surface area contributed by atoms with Gasteiger partial charge in [0.05, 0.1) is 10.0 Å². The van der Waals surface area contributed by atoms with E-state index in [9.17, 15) is 4.79 Å². The number of hydrogen-bond acceptors (Lipinski definition) is 3. The number of piperidine rings is 1. The molecule has 0 aromatic heterocycles. The molecule has 4 nitrogen and oxygen atoms in total. The van der Waals surface area contributed by atoms with Crippen LogP contribution in [0, 0.1) is 0 Å². The number of hydrogen-bond donors (Lipinski definition) is 1. The molecular formula is C29H39Cl2N3O. The summed E-state index contributed by atoms with van der Waals surface area (Å²) < 4.78 is 0. The third kappa shape index (κ3) is 7.69. The normalized spacial score (nSPS) is 18.9. The molecule has 1 atom stereocenters. The van der Waals surface area contributed by atoms with Crippen molar-refractivity contribution in [1.29, 1.82) is 0 Å². The highest BCUT2D eigenvalue weighted by atomic mass is 35.5. The van der Waals surface area contributed by atoms with Gasteiger partial charge in [0.15, 0.2) is 0 Å². The number of halogens is 2. The third-order valence-corrected chi connectivity index (χ3v) is 8.47. The number of likely N-dealkylation sites (N-methyl/N-ethyl adjacent to an activating group) is 1. The highest BCUT2D eigenvalue weighted by molar-refractivity contribution is 6.42. The Labute approximate surface area is 221 Å². The molecule has 0 spiro atoms. The van der Waals surface area contributed by atoms with Crippen molar-refractivity contribution in [2.24, 2.45) is 0 Å². The number of nitrogens with zero attached hydrogens (tertiary/aromatic N) is 2. The highest BCUT2D eigenvalue weighted by Gasteiger charge is 2.25. The van der Waals surface area contributed by atoms with Gasteiger partial charge >= 0.3 is 0 Å². The van der Waals surface area contributed by atoms with E-state index in [0.717, 1.165) is 43.2 Å². The fourth-order valence-electron chi connectivity index (χ4n) is 5.61. The molecule has 190 valence electrons. The average Bonchev–Trinajstić information content (AvgIpc) is 2.89. The molecular weight excluding hydrogens is 477 g/mol. The maximum Gasteiger partial charge on any atom is 0.253 e. The molecule has 1 saturated carbocycles. The summed E-state index contributed by atoms with van der Waals surface area (Å²) in [5, 5.41) is 5.07. The van der Waals surface area contributed by atoms with Crippen molar-refractivity contribution in [2.75, 3.05) is 33.2 Å². The molecule has 1 saturated heterocycles. The number of nitrogens with one attached hydrogen (secondary N) is 1. The molecule has 4 rings (SSSR count). The Morgan fingerprint density at radius 3 is 2.34 bits per heavy atom. The van der Waals surface area contributed by atoms with Crippen molar-refractivity contribution in [3.63, 3.8) is 0 Å². The van der Waals surface area contributed by atoms with Crippen molar-refractivity contribution >= 4 is 29.1 Å². The SMILES string of the molecule is CN(CC(CCN1CCC(NC2CCCCC2)CC1)c1ccc(Cl)c(Cl)c1)C(=O)c1ccccc1. The molecule has 2 fully saturated rings. The lowest BCUT2D eigenvalue weighted by molar-refractivity contribution is 0.0781. The van der Waals surface area contributed by atoms with Crippen LogP contribution in [0.5, 0.6) is 0 Å². The van der Waals surface area contributed by atoms with Crippen LogP contribution in [0.25, 0.3) is 0 Å². The molecule has 2 aromatic carbocycles. The van der Waals surface area contributed by atoms with Gasteiger partial charge in [-0.3, -0.25) is 4.79 Å². The predicted octanol–water partition coefficient (Wildman–Crippen LogP) is 6.63. The number of amides is 1. The van der Waals surface area contributed by atoms with Crippen LogP contribution in [0.15, 0.2) is 48.5 Å². The first kappa shape index (κ1) is 26.5. The standard InChI is InChI=1S/C29H39Cl2N3O/c1-33(29(35)22-8-4-2-5-9-22)21-24(23-12-13-27(30)28(31)20-23)14-17-34-18-15-26(16-19-34)32-25-10-6-3-7-11-25/h2,4-5,8-9,12-13,20,24-26,32H,3,6-7,10-11,14-19,21H2,1H3. The fraction of sp³-hybridized carbons (Fsp3) is 0.552. The summed E-state index contributed by atoms with van der Waals surface area (Å²) in [6.07, 6.45) is 10.3. The second-order valence-corrected chi connectivity index (χ2v) is 11.1. The van der Waals surface area contributed by atoms with Crippen molar-refractivity contribution in [3.05, 3.63) is 69.7 Å². The molecule has 2 aromatic rings. The van der Waals surface area contributed by atoms with Crippen molar-refractivity contribution in [3.8, 4) is 0 Å². The van der Waals surface area contributed by atoms with Gasteiger partial charge in [-0.2, -0.15) is 0 Å². The topological polar surface area (TPSA) is 35.6 Å². The third-order valence-electron chi connectivity index (χ3n) is 7.73. The van der Waals surface area contributed by atoms with Gasteiger partial charge in [0, 0.05) is 37.2 Å². The van der Waals surface area contributed by atoms with Crippen LogP contribution in [0.1, 0.15) is 73.2 Å². The first-order valence-electron chi connectivity index (χ1n) is 13.2. The smallest absolute Gasteiger partial charge is 0.253 e. The molecule has 1 heterocycles. The predicted molar refractivity (Wildman–Crippen MR) is 147 cm³/mol. The molecule has 35 heavy (non-hydrogen) atoms. The molecule has 1 unspecified atom stereocenters. The lowest BCUT2D eigenvalue weighted by Gasteiger charge is -2.36. The Morgan fingerprint density at radius 1 is 0.971 bits per heavy atom. The first-order valence-corrected chi connectivity index (χ1v) is 14.0. The second-order valence-electron chi connectivity index (χ2n) is 10.3. The Balaban J connectivity index is 1.34. The number of benzene rings is 2. The summed E-state index contributed by atoms with van der Waals surface area (Å²) in [6.45, 7) is 3.94. The molecule has 0 bridgehead atoms. The zero-order valence-corrected chi connectivity index (χ0v) is 22.4. The van der Waals surface area contributed by atoms with Crippen LogP contribution in [0.3, 0.4) is 0 Å². The second kappa shape index (κ2) is 13.1. The lowest BCUT2D eigenvalue weighted by Crippen LogP contribution is -2.47. The van der Waals surface area contributed by atoms with Crippen LogP contribution in [-0.2, 0) is 0 Å². The van der Waals surface area contributed by atoms with Gasteiger partial charge in [-0.25, -0.2) is 0 Å². The minimum absolute atomic E-state index is 0.0465. The highest BCUT2D eigenvalue weighted by Crippen LogP contribution is 2.29. The van der Waals surface area contributed by atoms with Crippen LogP contribution >= 0.6 is 23.2 Å². The van der Waals surface area contributed by atoms with E-state index < -0.39 is 0 Å². The minimum atomic E-state index is 0.0465. The van der Waals surface area contributed by atoms with E-state index in [1.54, 1.807) is 0 Å². The summed E-state index contributed by atoms with van der Waals surface area (Å²) in [4.78, 5) is 17.4. The molecule has 1 amide bonds. The summed E-state index contributed by atoms with van der Waals surface area (Å²) >= 11 is 12.6. The van der Waals surface area contributed by atoms with Crippen LogP contribution in [-0.4, -0.2) is 61.0 Å². The van der Waals surface area contributed by atoms with Crippen LogP contribution < -0.4 is 5.32 Å². The van der Waals surface area contributed by atoms with Crippen molar-refractivity contribution in [2.45, 2.75) is 69.4 Å². The van der Waals surface area contributed by atoms with Gasteiger partial charge < -0.3 is 15.1 Å². The van der Waals surface area contributed by atoms with Gasteiger partial charge in [-0.05, 0) is 81.6 Å². The van der Waals surface area contributed by atoms with E-state index in [1.165, 1.54) is 44.9 Å². The zero-order chi connectivity index (χ0) is 24.6. The van der Waals surface area contributed by atoms with Gasteiger partial charge in [-0.15, -0.1) is 0 Å². The Kier molecular flexibility index (Phi) is 9.91. The molecule has 1 aliphatic carbocycles. The quantitative estimate of drug-likeness (QED) is 0.407. The van der Waals surface area contributed by atoms with E-state index in [4.69, 9.17) is 23.2 Å². The summed E-state index contributed by atoms with van der Waals surface area (Å²) in [7, 11) is 1.89. The van der Waals surface area contributed by atoms with E-state index in [1.807, 2.05) is 54.4 Å². The van der Waals surface area contributed by atoms with Gasteiger partial charge in [0.2, 0.25) is 0 Å². The Hall–Kier alpha value is -1.59. The number of carbonyl (C=O) groups excluding carboxylic acids is 1. The maximum atomic E-state index is 13.0. The van der Waals surface area contributed by atoms with Gasteiger partial charge in [0.25, 0.3) is 5.91 Å². The minimum Gasteiger partial charge on any atom is -0.341 e. The van der Waals surface area contributed by atoms with E-state index in [0.29, 0.717) is 22.6 Å².